The molecule has 4 aromatic rings. The Balaban J connectivity index is 1.32. The van der Waals surface area contributed by atoms with Crippen LogP contribution in [0.2, 0.25) is 0 Å². The van der Waals surface area contributed by atoms with Crippen LogP contribution in [0.3, 0.4) is 0 Å². The summed E-state index contributed by atoms with van der Waals surface area (Å²) >= 11 is 0. The van der Waals surface area contributed by atoms with Crippen molar-refractivity contribution >= 4 is 34.2 Å². The molecule has 0 atom stereocenters. The largest absolute Gasteiger partial charge is 0.494 e. The zero-order chi connectivity index (χ0) is 34.2. The van der Waals surface area contributed by atoms with Crippen LogP contribution >= 0.6 is 0 Å². The Bertz CT molecular complexity index is 1880. The minimum Gasteiger partial charge on any atom is -0.494 e. The van der Waals surface area contributed by atoms with E-state index in [0.29, 0.717) is 50.6 Å². The maximum Gasteiger partial charge on any atom is 0.410 e. The first-order chi connectivity index (χ1) is 22.9. The summed E-state index contributed by atoms with van der Waals surface area (Å²) in [6.45, 7) is 12.9. The van der Waals surface area contributed by atoms with Crippen molar-refractivity contribution < 1.29 is 23.5 Å². The number of aromatic amines is 1. The van der Waals surface area contributed by atoms with E-state index in [1.807, 2.05) is 50.8 Å². The smallest absolute Gasteiger partial charge is 0.410 e. The highest BCUT2D eigenvalue weighted by molar-refractivity contribution is 6.05. The number of benzene rings is 2. The van der Waals surface area contributed by atoms with Crippen LogP contribution in [0.4, 0.5) is 14.9 Å². The van der Waals surface area contributed by atoms with E-state index < -0.39 is 5.60 Å². The lowest BCUT2D eigenvalue weighted by molar-refractivity contribution is 0.0273. The number of aryl methyl sites for hydroxylation is 2. The average molecular weight is 654 g/mol. The van der Waals surface area contributed by atoms with Gasteiger partial charge in [0.25, 0.3) is 5.91 Å². The maximum atomic E-state index is 14.1. The summed E-state index contributed by atoms with van der Waals surface area (Å²) < 4.78 is 24.9. The fraction of sp³-hybridized carbons (Fsp3) is 0.395. The molecule has 0 unspecified atom stereocenters. The van der Waals surface area contributed by atoms with Crippen LogP contribution in [-0.4, -0.2) is 83.7 Å². The summed E-state index contributed by atoms with van der Waals surface area (Å²) in [6, 6.07) is 14.6. The maximum absolute atomic E-state index is 14.1. The minimum atomic E-state index is -0.573. The van der Waals surface area contributed by atoms with Crippen LogP contribution in [0.25, 0.3) is 27.6 Å². The number of fused-ring (bicyclic) bond motifs is 1. The van der Waals surface area contributed by atoms with Crippen LogP contribution in [0, 0.1) is 12.7 Å². The van der Waals surface area contributed by atoms with Crippen LogP contribution in [-0.2, 0) is 11.2 Å². The Kier molecular flexibility index (Phi) is 9.18. The summed E-state index contributed by atoms with van der Waals surface area (Å²) in [5.74, 6) is 0.0882. The zero-order valence-electron chi connectivity index (χ0n) is 28.7. The molecule has 1 saturated heterocycles. The summed E-state index contributed by atoms with van der Waals surface area (Å²) in [6.07, 6.45) is 3.31. The number of hydrogen-bond acceptors (Lipinski definition) is 6. The van der Waals surface area contributed by atoms with Crippen LogP contribution in [0.15, 0.2) is 54.6 Å². The van der Waals surface area contributed by atoms with Gasteiger partial charge in [-0.1, -0.05) is 19.1 Å². The number of rotatable bonds is 6. The van der Waals surface area contributed by atoms with Crippen molar-refractivity contribution in [2.24, 2.45) is 0 Å². The predicted molar refractivity (Wildman–Crippen MR) is 187 cm³/mol. The number of pyridine rings is 1. The standard InChI is InChI=1S/C38H44FN5O4/c1-7-31-29(12-10-24(2)40-31)30-20-27(36(45)43-17-15-42(16-18-43)33-13-11-28(39)22-34(33)47-6)19-26-21-32(41-35(26)30)25-9-8-14-44(23-25)37(46)48-38(3,4)5/h9-13,19-22,41H,7-8,14-18,23H2,1-6H3. The molecule has 9 nitrogen and oxygen atoms in total. The Morgan fingerprint density at radius 3 is 2.44 bits per heavy atom. The van der Waals surface area contributed by atoms with Gasteiger partial charge in [0.15, 0.2) is 0 Å². The fourth-order valence-electron chi connectivity index (χ4n) is 6.55. The molecule has 1 N–H and O–H groups in total. The summed E-state index contributed by atoms with van der Waals surface area (Å²) in [5, 5.41) is 0.915. The van der Waals surface area contributed by atoms with Crippen molar-refractivity contribution in [3.05, 3.63) is 83.1 Å². The molecule has 48 heavy (non-hydrogen) atoms. The van der Waals surface area contributed by atoms with E-state index in [2.05, 4.69) is 35.0 Å². The summed E-state index contributed by atoms with van der Waals surface area (Å²) in [4.78, 5) is 41.3. The molecule has 0 bridgehead atoms. The van der Waals surface area contributed by atoms with Gasteiger partial charge in [-0.15, -0.1) is 0 Å². The van der Waals surface area contributed by atoms with Gasteiger partial charge < -0.3 is 29.2 Å². The monoisotopic (exact) mass is 653 g/mol. The second-order valence-corrected chi connectivity index (χ2v) is 13.5. The third-order valence-electron chi connectivity index (χ3n) is 8.91. The summed E-state index contributed by atoms with van der Waals surface area (Å²) in [5.41, 5.74) is 7.49. The van der Waals surface area contributed by atoms with Crippen LogP contribution in [0.1, 0.15) is 61.6 Å². The molecule has 6 rings (SSSR count). The number of methoxy groups -OCH3 is 1. The molecule has 2 aromatic carbocycles. The third-order valence-corrected chi connectivity index (χ3v) is 8.91. The van der Waals surface area contributed by atoms with Crippen molar-refractivity contribution in [3.63, 3.8) is 0 Å². The van der Waals surface area contributed by atoms with E-state index in [-0.39, 0.29) is 17.8 Å². The lowest BCUT2D eigenvalue weighted by Gasteiger charge is -2.36. The molecule has 2 amide bonds. The molecule has 2 aliphatic heterocycles. The number of halogens is 1. The second-order valence-electron chi connectivity index (χ2n) is 13.5. The second kappa shape index (κ2) is 13.3. The van der Waals surface area contributed by atoms with Gasteiger partial charge in [0.05, 0.1) is 24.9 Å². The molecule has 0 saturated carbocycles. The number of H-pyrrole nitrogens is 1. The number of hydrogen-bond donors (Lipinski definition) is 1. The number of ether oxygens (including phenoxy) is 2. The summed E-state index contributed by atoms with van der Waals surface area (Å²) in [7, 11) is 1.54. The van der Waals surface area contributed by atoms with Crippen molar-refractivity contribution in [2.45, 2.75) is 53.1 Å². The SMILES string of the molecule is CCc1nc(C)ccc1-c1cc(C(=O)N2CCN(c3ccc(F)cc3OC)CC2)cc2cc(C3=CCCN(C(=O)OC(C)(C)C)C3)[nH]c12. The topological polar surface area (TPSA) is 91.0 Å². The van der Waals surface area contributed by atoms with E-state index in [9.17, 15) is 14.0 Å². The molecule has 0 aliphatic carbocycles. The number of nitrogens with zero attached hydrogens (tertiary/aromatic N) is 4. The van der Waals surface area contributed by atoms with Gasteiger partial charge >= 0.3 is 6.09 Å². The first-order valence-corrected chi connectivity index (χ1v) is 16.6. The normalized spacial score (nSPS) is 15.5. The number of aromatic nitrogens is 2. The molecule has 252 valence electrons. The molecular formula is C38H44FN5O4. The van der Waals surface area contributed by atoms with E-state index >= 15 is 0 Å². The number of nitrogens with one attached hydrogen (secondary N) is 1. The van der Waals surface area contributed by atoms with E-state index in [1.165, 1.54) is 19.2 Å². The van der Waals surface area contributed by atoms with E-state index in [0.717, 1.165) is 63.2 Å². The number of carbonyl (C=O) groups is 2. The molecule has 0 spiro atoms. The molecule has 1 fully saturated rings. The predicted octanol–water partition coefficient (Wildman–Crippen LogP) is 7.24. The highest BCUT2D eigenvalue weighted by atomic mass is 19.1. The van der Waals surface area contributed by atoms with Gasteiger partial charge in [-0.05, 0) is 82.5 Å². The third kappa shape index (κ3) is 6.88. The van der Waals surface area contributed by atoms with Crippen molar-refractivity contribution in [1.82, 2.24) is 19.8 Å². The molecule has 2 aliphatic rings. The Hall–Kier alpha value is -4.86. The van der Waals surface area contributed by atoms with Gasteiger partial charge in [-0.25, -0.2) is 9.18 Å². The van der Waals surface area contributed by atoms with E-state index in [1.54, 1.807) is 11.0 Å². The Morgan fingerprint density at radius 2 is 1.73 bits per heavy atom. The number of piperazine rings is 1. The van der Waals surface area contributed by atoms with Gasteiger partial charge in [0, 0.05) is 77.9 Å². The fourth-order valence-corrected chi connectivity index (χ4v) is 6.55. The lowest BCUT2D eigenvalue weighted by Crippen LogP contribution is -2.48. The molecule has 2 aromatic heterocycles. The van der Waals surface area contributed by atoms with E-state index in [4.69, 9.17) is 14.5 Å². The van der Waals surface area contributed by atoms with Crippen molar-refractivity contribution in [1.29, 1.82) is 0 Å². The molecule has 0 radical (unpaired) electrons. The van der Waals surface area contributed by atoms with Crippen LogP contribution < -0.4 is 9.64 Å². The van der Waals surface area contributed by atoms with Gasteiger partial charge in [0.2, 0.25) is 0 Å². The lowest BCUT2D eigenvalue weighted by atomic mass is 9.96. The van der Waals surface area contributed by atoms with Gasteiger partial charge in [-0.2, -0.15) is 0 Å². The minimum absolute atomic E-state index is 0.0438. The molecule has 4 heterocycles. The first-order valence-electron chi connectivity index (χ1n) is 16.6. The molecule has 10 heteroatoms. The highest BCUT2D eigenvalue weighted by Crippen LogP contribution is 2.36. The number of carbonyl (C=O) groups excluding carboxylic acids is 2. The Labute approximate surface area is 281 Å². The average Bonchev–Trinajstić information content (AvgIpc) is 3.51. The van der Waals surface area contributed by atoms with Gasteiger partial charge in [-0.3, -0.25) is 9.78 Å². The Morgan fingerprint density at radius 1 is 0.958 bits per heavy atom. The van der Waals surface area contributed by atoms with Crippen LogP contribution in [0.5, 0.6) is 5.75 Å². The van der Waals surface area contributed by atoms with Gasteiger partial charge in [0.1, 0.15) is 17.2 Å². The first kappa shape index (κ1) is 33.1. The number of amides is 2. The van der Waals surface area contributed by atoms with Crippen molar-refractivity contribution in [3.8, 4) is 16.9 Å². The van der Waals surface area contributed by atoms with Crippen molar-refractivity contribution in [2.75, 3.05) is 51.3 Å². The molecular weight excluding hydrogens is 609 g/mol. The highest BCUT2D eigenvalue weighted by Gasteiger charge is 2.28. The number of anilines is 1. The zero-order valence-corrected chi connectivity index (χ0v) is 28.7. The quantitative estimate of drug-likeness (QED) is 0.236.